The van der Waals surface area contributed by atoms with Gasteiger partial charge in [-0.25, -0.2) is 4.39 Å². The summed E-state index contributed by atoms with van der Waals surface area (Å²) in [5, 5.41) is 0.461. The number of benzene rings is 1. The van der Waals surface area contributed by atoms with Gasteiger partial charge in [0.1, 0.15) is 5.82 Å². The normalized spacial score (nSPS) is 26.2. The van der Waals surface area contributed by atoms with E-state index in [0.717, 1.165) is 12.8 Å². The Hall–Kier alpha value is -0.160. The topological polar surface area (TPSA) is 35.2 Å². The third-order valence-corrected chi connectivity index (χ3v) is 4.26. The van der Waals surface area contributed by atoms with Crippen LogP contribution in [0.5, 0.6) is 0 Å². The first-order valence-electron chi connectivity index (χ1n) is 5.54. The number of ether oxygens (including phenoxy) is 1. The Bertz CT molecular complexity index is 429. The number of rotatable bonds is 2. The fraction of sp³-hybridized carbons (Fsp3) is 0.500. The third-order valence-electron chi connectivity index (χ3n) is 3.06. The lowest BCUT2D eigenvalue weighted by Gasteiger charge is -2.20. The summed E-state index contributed by atoms with van der Waals surface area (Å²) in [6.07, 6.45) is 1.89. The van der Waals surface area contributed by atoms with Gasteiger partial charge in [0.25, 0.3) is 0 Å². The lowest BCUT2D eigenvalue weighted by Crippen LogP contribution is -2.27. The molecule has 3 atom stereocenters. The van der Waals surface area contributed by atoms with Gasteiger partial charge in [0.05, 0.1) is 23.3 Å². The monoisotopic (exact) mass is 321 g/mol. The molecule has 1 aliphatic rings. The fourth-order valence-electron chi connectivity index (χ4n) is 2.09. The third kappa shape index (κ3) is 2.81. The first-order valence-corrected chi connectivity index (χ1v) is 6.71. The number of halogens is 3. The van der Waals surface area contributed by atoms with Gasteiger partial charge in [-0.1, -0.05) is 11.6 Å². The molecular weight excluding hydrogens is 308 g/mol. The van der Waals surface area contributed by atoms with Gasteiger partial charge in [0.15, 0.2) is 0 Å². The molecule has 0 saturated carbocycles. The summed E-state index contributed by atoms with van der Waals surface area (Å²) in [7, 11) is 0. The van der Waals surface area contributed by atoms with E-state index < -0.39 is 6.04 Å². The molecule has 17 heavy (non-hydrogen) atoms. The Morgan fingerprint density at radius 3 is 2.82 bits per heavy atom. The van der Waals surface area contributed by atoms with Crippen molar-refractivity contribution >= 4 is 27.5 Å². The standard InChI is InChI=1S/C12H14BrClFNO/c1-6-2-3-11(17-6)12(16)7-4-9(14)8(13)5-10(7)15/h4-6,11-12H,2-3,16H2,1H3. The van der Waals surface area contributed by atoms with Crippen LogP contribution >= 0.6 is 27.5 Å². The summed E-state index contributed by atoms with van der Waals surface area (Å²) < 4.78 is 20.0. The zero-order valence-corrected chi connectivity index (χ0v) is 11.8. The van der Waals surface area contributed by atoms with Crippen molar-refractivity contribution in [3.8, 4) is 0 Å². The van der Waals surface area contributed by atoms with Gasteiger partial charge in [0, 0.05) is 10.0 Å². The van der Waals surface area contributed by atoms with E-state index >= 15 is 0 Å². The molecule has 1 aromatic carbocycles. The molecule has 0 amide bonds. The van der Waals surface area contributed by atoms with E-state index in [1.807, 2.05) is 6.92 Å². The van der Waals surface area contributed by atoms with Crippen molar-refractivity contribution in [2.75, 3.05) is 0 Å². The Labute approximate surface area is 113 Å². The Morgan fingerprint density at radius 1 is 1.53 bits per heavy atom. The van der Waals surface area contributed by atoms with Crippen LogP contribution in [0, 0.1) is 5.82 Å². The Morgan fingerprint density at radius 2 is 2.24 bits per heavy atom. The first-order chi connectivity index (χ1) is 7.99. The smallest absolute Gasteiger partial charge is 0.129 e. The minimum atomic E-state index is -0.467. The lowest BCUT2D eigenvalue weighted by atomic mass is 9.99. The van der Waals surface area contributed by atoms with Crippen molar-refractivity contribution in [1.82, 2.24) is 0 Å². The Balaban J connectivity index is 2.24. The van der Waals surface area contributed by atoms with Crippen LogP contribution in [0.3, 0.4) is 0 Å². The van der Waals surface area contributed by atoms with Crippen LogP contribution in [0.25, 0.3) is 0 Å². The molecule has 3 unspecified atom stereocenters. The number of hydrogen-bond acceptors (Lipinski definition) is 2. The van der Waals surface area contributed by atoms with E-state index in [9.17, 15) is 4.39 Å². The van der Waals surface area contributed by atoms with E-state index in [4.69, 9.17) is 22.1 Å². The van der Waals surface area contributed by atoms with Crippen LogP contribution < -0.4 is 5.73 Å². The maximum Gasteiger partial charge on any atom is 0.129 e. The predicted molar refractivity (Wildman–Crippen MR) is 69.6 cm³/mol. The molecule has 1 aliphatic heterocycles. The molecule has 5 heteroatoms. The number of nitrogens with two attached hydrogens (primary N) is 1. The molecule has 0 radical (unpaired) electrons. The SMILES string of the molecule is CC1CCC(C(N)c2cc(Cl)c(Br)cc2F)O1. The molecule has 0 aromatic heterocycles. The minimum Gasteiger partial charge on any atom is -0.373 e. The molecule has 0 spiro atoms. The van der Waals surface area contributed by atoms with Crippen LogP contribution in [0.4, 0.5) is 4.39 Å². The average Bonchev–Trinajstić information content (AvgIpc) is 2.69. The molecule has 94 valence electrons. The summed E-state index contributed by atoms with van der Waals surface area (Å²) in [5.41, 5.74) is 6.46. The van der Waals surface area contributed by atoms with Crippen LogP contribution in [-0.2, 0) is 4.74 Å². The molecule has 1 fully saturated rings. The Kier molecular flexibility index (Phi) is 4.08. The van der Waals surface area contributed by atoms with Crippen molar-refractivity contribution in [2.24, 2.45) is 5.73 Å². The molecular formula is C12H14BrClFNO. The molecule has 1 heterocycles. The highest BCUT2D eigenvalue weighted by Gasteiger charge is 2.30. The van der Waals surface area contributed by atoms with E-state index in [1.54, 1.807) is 6.07 Å². The van der Waals surface area contributed by atoms with Gasteiger partial charge in [-0.15, -0.1) is 0 Å². The van der Waals surface area contributed by atoms with Gasteiger partial charge in [0.2, 0.25) is 0 Å². The zero-order chi connectivity index (χ0) is 12.6. The van der Waals surface area contributed by atoms with E-state index in [0.29, 0.717) is 15.1 Å². The molecule has 0 bridgehead atoms. The first kappa shape index (κ1) is 13.3. The molecule has 2 rings (SSSR count). The van der Waals surface area contributed by atoms with Crippen molar-refractivity contribution in [3.63, 3.8) is 0 Å². The van der Waals surface area contributed by atoms with Gasteiger partial charge >= 0.3 is 0 Å². The van der Waals surface area contributed by atoms with Gasteiger partial charge < -0.3 is 10.5 Å². The van der Waals surface area contributed by atoms with Crippen LogP contribution in [0.15, 0.2) is 16.6 Å². The highest BCUT2D eigenvalue weighted by atomic mass is 79.9. The number of hydrogen-bond donors (Lipinski definition) is 1. The second kappa shape index (κ2) is 5.22. The largest absolute Gasteiger partial charge is 0.373 e. The van der Waals surface area contributed by atoms with E-state index in [2.05, 4.69) is 15.9 Å². The van der Waals surface area contributed by atoms with Crippen LogP contribution in [-0.4, -0.2) is 12.2 Å². The summed E-state index contributed by atoms with van der Waals surface area (Å²) in [5.74, 6) is -0.350. The maximum atomic E-state index is 13.8. The maximum absolute atomic E-state index is 13.8. The highest BCUT2D eigenvalue weighted by molar-refractivity contribution is 9.10. The molecule has 0 aliphatic carbocycles. The average molecular weight is 323 g/mol. The van der Waals surface area contributed by atoms with Crippen LogP contribution in [0.1, 0.15) is 31.4 Å². The lowest BCUT2D eigenvalue weighted by molar-refractivity contribution is 0.0394. The van der Waals surface area contributed by atoms with Crippen molar-refractivity contribution in [3.05, 3.63) is 33.0 Å². The second-order valence-electron chi connectivity index (χ2n) is 4.38. The highest BCUT2D eigenvalue weighted by Crippen LogP contribution is 2.33. The molecule has 1 aromatic rings. The van der Waals surface area contributed by atoms with Crippen molar-refractivity contribution < 1.29 is 9.13 Å². The van der Waals surface area contributed by atoms with Gasteiger partial charge in [-0.05, 0) is 47.8 Å². The van der Waals surface area contributed by atoms with Gasteiger partial charge in [-0.2, -0.15) is 0 Å². The quantitative estimate of drug-likeness (QED) is 0.840. The predicted octanol–water partition coefficient (Wildman–Crippen LogP) is 3.81. The summed E-state index contributed by atoms with van der Waals surface area (Å²) in [6.45, 7) is 2.00. The van der Waals surface area contributed by atoms with E-state index in [-0.39, 0.29) is 18.0 Å². The fourth-order valence-corrected chi connectivity index (χ4v) is 2.58. The summed E-state index contributed by atoms with van der Waals surface area (Å²) in [6, 6.07) is 2.44. The minimum absolute atomic E-state index is 0.128. The molecule has 1 saturated heterocycles. The summed E-state index contributed by atoms with van der Waals surface area (Å²) >= 11 is 9.13. The second-order valence-corrected chi connectivity index (χ2v) is 5.64. The van der Waals surface area contributed by atoms with Crippen LogP contribution in [0.2, 0.25) is 5.02 Å². The molecule has 2 nitrogen and oxygen atoms in total. The van der Waals surface area contributed by atoms with Crippen molar-refractivity contribution in [2.45, 2.75) is 38.0 Å². The van der Waals surface area contributed by atoms with Crippen molar-refractivity contribution in [1.29, 1.82) is 0 Å². The summed E-state index contributed by atoms with van der Waals surface area (Å²) in [4.78, 5) is 0. The van der Waals surface area contributed by atoms with E-state index in [1.165, 1.54) is 6.07 Å². The molecule has 2 N–H and O–H groups in total. The zero-order valence-electron chi connectivity index (χ0n) is 9.42. The van der Waals surface area contributed by atoms with Gasteiger partial charge in [-0.3, -0.25) is 0 Å².